The van der Waals surface area contributed by atoms with Crippen LogP contribution in [0.4, 0.5) is 0 Å². The number of hydrogen-bond acceptors (Lipinski definition) is 3. The summed E-state index contributed by atoms with van der Waals surface area (Å²) in [6.45, 7) is 5.60. The second-order valence-electron chi connectivity index (χ2n) is 5.33. The van der Waals surface area contributed by atoms with Crippen LogP contribution in [-0.2, 0) is 20.0 Å². The van der Waals surface area contributed by atoms with Gasteiger partial charge in [-0.1, -0.05) is 30.9 Å². The molecule has 0 aliphatic carbocycles. The van der Waals surface area contributed by atoms with Crippen LogP contribution in [0.25, 0.3) is 0 Å². The Hall–Kier alpha value is -2.76. The number of para-hydroxylation sites is 1. The maximum Gasteiger partial charge on any atom is 0.191 e. The summed E-state index contributed by atoms with van der Waals surface area (Å²) in [4.78, 5) is 4.25. The van der Waals surface area contributed by atoms with Gasteiger partial charge in [-0.05, 0) is 18.1 Å². The Labute approximate surface area is 143 Å². The summed E-state index contributed by atoms with van der Waals surface area (Å²) < 4.78 is 7.47. The van der Waals surface area contributed by atoms with Crippen molar-refractivity contribution < 1.29 is 4.74 Å². The lowest BCUT2D eigenvalue weighted by Gasteiger charge is -2.14. The van der Waals surface area contributed by atoms with Gasteiger partial charge in [-0.25, -0.2) is 0 Å². The van der Waals surface area contributed by atoms with Crippen LogP contribution < -0.4 is 15.4 Å². The average molecular weight is 327 g/mol. The van der Waals surface area contributed by atoms with Gasteiger partial charge < -0.3 is 15.4 Å². The third-order valence-corrected chi connectivity index (χ3v) is 3.46. The Morgan fingerprint density at radius 2 is 2.21 bits per heavy atom. The summed E-state index contributed by atoms with van der Waals surface area (Å²) >= 11 is 0. The smallest absolute Gasteiger partial charge is 0.191 e. The van der Waals surface area contributed by atoms with E-state index < -0.39 is 0 Å². The highest BCUT2D eigenvalue weighted by Gasteiger charge is 2.04. The molecule has 0 fully saturated rings. The molecule has 0 saturated heterocycles. The number of rotatable bonds is 8. The highest BCUT2D eigenvalue weighted by Crippen LogP contribution is 2.17. The predicted molar refractivity (Wildman–Crippen MR) is 97.2 cm³/mol. The molecule has 0 radical (unpaired) electrons. The molecule has 1 heterocycles. The van der Waals surface area contributed by atoms with Crippen molar-refractivity contribution in [2.75, 3.05) is 20.2 Å². The SMILES string of the molecule is C=CCOc1ccccc1CNC(=NC)NCCc1cnn(C)c1. The number of guanidine groups is 1. The molecule has 0 spiro atoms. The summed E-state index contributed by atoms with van der Waals surface area (Å²) in [7, 11) is 3.68. The van der Waals surface area contributed by atoms with Gasteiger partial charge in [0.1, 0.15) is 12.4 Å². The molecule has 0 atom stereocenters. The monoisotopic (exact) mass is 327 g/mol. The number of aliphatic imine (C=N–C) groups is 1. The zero-order chi connectivity index (χ0) is 17.2. The minimum atomic E-state index is 0.495. The zero-order valence-corrected chi connectivity index (χ0v) is 14.3. The summed E-state index contributed by atoms with van der Waals surface area (Å²) in [5, 5.41) is 10.8. The van der Waals surface area contributed by atoms with E-state index in [-0.39, 0.29) is 0 Å². The van der Waals surface area contributed by atoms with Crippen LogP contribution >= 0.6 is 0 Å². The molecule has 2 aromatic rings. The van der Waals surface area contributed by atoms with Gasteiger partial charge in [-0.3, -0.25) is 9.67 Å². The summed E-state index contributed by atoms with van der Waals surface area (Å²) in [6.07, 6.45) is 6.53. The molecule has 1 aromatic carbocycles. The van der Waals surface area contributed by atoms with E-state index in [0.717, 1.165) is 30.2 Å². The molecule has 0 aliphatic heterocycles. The van der Waals surface area contributed by atoms with Crippen molar-refractivity contribution in [3.8, 4) is 5.75 Å². The fourth-order valence-corrected chi connectivity index (χ4v) is 2.27. The van der Waals surface area contributed by atoms with E-state index in [1.54, 1.807) is 13.1 Å². The Kier molecular flexibility index (Phi) is 6.89. The Bertz CT molecular complexity index is 678. The highest BCUT2D eigenvalue weighted by atomic mass is 16.5. The molecule has 6 heteroatoms. The van der Waals surface area contributed by atoms with Gasteiger partial charge in [0.2, 0.25) is 0 Å². The number of hydrogen-bond donors (Lipinski definition) is 2. The normalized spacial score (nSPS) is 11.2. The first kappa shape index (κ1) is 17.6. The molecule has 0 amide bonds. The van der Waals surface area contributed by atoms with Gasteiger partial charge in [0.25, 0.3) is 0 Å². The van der Waals surface area contributed by atoms with Gasteiger partial charge >= 0.3 is 0 Å². The number of nitrogens with one attached hydrogen (secondary N) is 2. The van der Waals surface area contributed by atoms with E-state index in [1.807, 2.05) is 48.4 Å². The standard InChI is InChI=1S/C18H25N5O/c1-4-11-24-17-8-6-5-7-16(17)13-21-18(19-2)20-10-9-15-12-22-23(3)14-15/h4-8,12,14H,1,9-11,13H2,2-3H3,(H2,19,20,21). The van der Waals surface area contributed by atoms with Crippen molar-refractivity contribution in [1.82, 2.24) is 20.4 Å². The van der Waals surface area contributed by atoms with Crippen LogP contribution in [-0.4, -0.2) is 35.9 Å². The summed E-state index contributed by atoms with van der Waals surface area (Å²) in [6, 6.07) is 7.95. The number of nitrogens with zero attached hydrogens (tertiary/aromatic N) is 3. The van der Waals surface area contributed by atoms with E-state index in [9.17, 15) is 0 Å². The Morgan fingerprint density at radius 3 is 2.92 bits per heavy atom. The predicted octanol–water partition coefficient (Wildman–Crippen LogP) is 1.89. The molecule has 24 heavy (non-hydrogen) atoms. The largest absolute Gasteiger partial charge is 0.489 e. The van der Waals surface area contributed by atoms with Gasteiger partial charge in [0, 0.05) is 38.9 Å². The van der Waals surface area contributed by atoms with E-state index >= 15 is 0 Å². The van der Waals surface area contributed by atoms with Crippen LogP contribution in [0.2, 0.25) is 0 Å². The van der Waals surface area contributed by atoms with Gasteiger partial charge in [0.05, 0.1) is 6.20 Å². The minimum absolute atomic E-state index is 0.495. The van der Waals surface area contributed by atoms with Gasteiger partial charge in [-0.2, -0.15) is 5.10 Å². The molecular formula is C18H25N5O. The molecule has 2 N–H and O–H groups in total. The second kappa shape index (κ2) is 9.39. The lowest BCUT2D eigenvalue weighted by atomic mass is 10.2. The van der Waals surface area contributed by atoms with Crippen molar-refractivity contribution in [3.05, 3.63) is 60.4 Å². The lowest BCUT2D eigenvalue weighted by molar-refractivity contribution is 0.358. The molecular weight excluding hydrogens is 302 g/mol. The van der Waals surface area contributed by atoms with E-state index in [0.29, 0.717) is 13.2 Å². The molecule has 0 saturated carbocycles. The highest BCUT2D eigenvalue weighted by molar-refractivity contribution is 5.79. The molecule has 128 valence electrons. The number of benzene rings is 1. The third-order valence-electron chi connectivity index (χ3n) is 3.46. The molecule has 6 nitrogen and oxygen atoms in total. The van der Waals surface area contributed by atoms with Crippen molar-refractivity contribution in [1.29, 1.82) is 0 Å². The first-order valence-corrected chi connectivity index (χ1v) is 7.96. The number of ether oxygens (including phenoxy) is 1. The van der Waals surface area contributed by atoms with E-state index in [4.69, 9.17) is 4.74 Å². The van der Waals surface area contributed by atoms with Crippen molar-refractivity contribution in [2.45, 2.75) is 13.0 Å². The number of aryl methyl sites for hydroxylation is 1. The Morgan fingerprint density at radius 1 is 1.38 bits per heavy atom. The quantitative estimate of drug-likeness (QED) is 0.441. The van der Waals surface area contributed by atoms with Crippen molar-refractivity contribution in [2.24, 2.45) is 12.0 Å². The van der Waals surface area contributed by atoms with Crippen LogP contribution in [0.3, 0.4) is 0 Å². The second-order valence-corrected chi connectivity index (χ2v) is 5.33. The van der Waals surface area contributed by atoms with Crippen LogP contribution in [0, 0.1) is 0 Å². The molecule has 2 rings (SSSR count). The third kappa shape index (κ3) is 5.46. The average Bonchev–Trinajstić information content (AvgIpc) is 3.02. The molecule has 0 unspecified atom stereocenters. The van der Waals surface area contributed by atoms with Crippen LogP contribution in [0.5, 0.6) is 5.75 Å². The minimum Gasteiger partial charge on any atom is -0.489 e. The van der Waals surface area contributed by atoms with Crippen LogP contribution in [0.1, 0.15) is 11.1 Å². The van der Waals surface area contributed by atoms with Gasteiger partial charge in [-0.15, -0.1) is 0 Å². The fraction of sp³-hybridized carbons (Fsp3) is 0.333. The molecule has 0 aliphatic rings. The van der Waals surface area contributed by atoms with Crippen molar-refractivity contribution >= 4 is 5.96 Å². The first-order chi connectivity index (χ1) is 11.7. The van der Waals surface area contributed by atoms with E-state index in [1.165, 1.54) is 5.56 Å². The lowest BCUT2D eigenvalue weighted by Crippen LogP contribution is -2.37. The zero-order valence-electron chi connectivity index (χ0n) is 14.3. The molecule has 1 aromatic heterocycles. The topological polar surface area (TPSA) is 63.5 Å². The van der Waals surface area contributed by atoms with Crippen molar-refractivity contribution in [3.63, 3.8) is 0 Å². The number of aromatic nitrogens is 2. The van der Waals surface area contributed by atoms with Gasteiger partial charge in [0.15, 0.2) is 5.96 Å². The maximum atomic E-state index is 5.67. The molecule has 0 bridgehead atoms. The summed E-state index contributed by atoms with van der Waals surface area (Å²) in [5.41, 5.74) is 2.28. The van der Waals surface area contributed by atoms with Crippen LogP contribution in [0.15, 0.2) is 54.3 Å². The fourth-order valence-electron chi connectivity index (χ4n) is 2.27. The Balaban J connectivity index is 1.82. The maximum absolute atomic E-state index is 5.67. The van der Waals surface area contributed by atoms with E-state index in [2.05, 4.69) is 27.3 Å². The summed E-state index contributed by atoms with van der Waals surface area (Å²) in [5.74, 6) is 1.62. The first-order valence-electron chi connectivity index (χ1n) is 7.96.